The van der Waals surface area contributed by atoms with E-state index in [1.165, 1.54) is 6.07 Å². The molecule has 2 aliphatic rings. The number of hydrogen-bond donors (Lipinski definition) is 0. The Morgan fingerprint density at radius 1 is 1.29 bits per heavy atom. The molecule has 0 N–H and O–H groups in total. The number of aromatic nitrogens is 1. The van der Waals surface area contributed by atoms with Crippen LogP contribution < -0.4 is 0 Å². The van der Waals surface area contributed by atoms with Crippen molar-refractivity contribution in [2.24, 2.45) is 5.41 Å². The molecule has 2 heterocycles. The molecule has 1 spiro atoms. The molecule has 1 aromatic heterocycles. The molecule has 1 amide bonds. The number of nitrogens with zero attached hydrogens (tertiary/aromatic N) is 2. The van der Waals surface area contributed by atoms with Crippen LogP contribution in [-0.2, 0) is 4.74 Å². The van der Waals surface area contributed by atoms with Crippen molar-refractivity contribution < 1.29 is 13.9 Å². The predicted molar refractivity (Wildman–Crippen MR) is 90.4 cm³/mol. The fourth-order valence-corrected chi connectivity index (χ4v) is 3.92. The summed E-state index contributed by atoms with van der Waals surface area (Å²) in [6.45, 7) is 9.01. The molecule has 1 saturated heterocycles. The maximum atomic E-state index is 14.0. The Balaban J connectivity index is 1.55. The van der Waals surface area contributed by atoms with E-state index in [4.69, 9.17) is 4.74 Å². The Labute approximate surface area is 143 Å². The summed E-state index contributed by atoms with van der Waals surface area (Å²) < 4.78 is 19.4. The first-order valence-electron chi connectivity index (χ1n) is 8.78. The van der Waals surface area contributed by atoms with Gasteiger partial charge in [-0.3, -0.25) is 4.98 Å². The number of aryl methyl sites for hydroxylation is 1. The summed E-state index contributed by atoms with van der Waals surface area (Å²) >= 11 is 0. The number of carbonyl (C=O) groups excluding carboxylic acids is 1. The van der Waals surface area contributed by atoms with Gasteiger partial charge < -0.3 is 9.64 Å². The third-order valence-corrected chi connectivity index (χ3v) is 5.23. The van der Waals surface area contributed by atoms with Gasteiger partial charge in [0.1, 0.15) is 11.4 Å². The second-order valence-corrected chi connectivity index (χ2v) is 8.39. The van der Waals surface area contributed by atoms with E-state index in [9.17, 15) is 9.18 Å². The summed E-state index contributed by atoms with van der Waals surface area (Å²) in [4.78, 5) is 18.3. The highest BCUT2D eigenvalue weighted by Gasteiger charge is 2.48. The van der Waals surface area contributed by atoms with E-state index < -0.39 is 5.60 Å². The van der Waals surface area contributed by atoms with E-state index in [2.05, 4.69) is 4.98 Å². The van der Waals surface area contributed by atoms with Crippen LogP contribution in [0.15, 0.2) is 12.1 Å². The maximum absolute atomic E-state index is 14.0. The van der Waals surface area contributed by atoms with Crippen LogP contribution in [0.25, 0.3) is 0 Å². The van der Waals surface area contributed by atoms with Crippen LogP contribution >= 0.6 is 0 Å². The summed E-state index contributed by atoms with van der Waals surface area (Å²) in [7, 11) is 0. The van der Waals surface area contributed by atoms with Gasteiger partial charge in [-0.05, 0) is 70.9 Å². The average molecular weight is 334 g/mol. The van der Waals surface area contributed by atoms with Crippen LogP contribution in [-0.4, -0.2) is 34.7 Å². The van der Waals surface area contributed by atoms with Crippen molar-refractivity contribution in [3.8, 4) is 0 Å². The molecule has 1 aromatic rings. The number of likely N-dealkylation sites (tertiary alicyclic amines) is 1. The molecule has 3 rings (SSSR count). The van der Waals surface area contributed by atoms with Gasteiger partial charge in [0.05, 0.1) is 5.69 Å². The standard InChI is InChI=1S/C19H27FN2O2/c1-13-5-6-15(20)16(21-13)14-11-19(12-14)7-9-22(10-8-19)17(23)24-18(2,3)4/h5-6,14H,7-12H2,1-4H3. The molecular weight excluding hydrogens is 307 g/mol. The smallest absolute Gasteiger partial charge is 0.410 e. The summed E-state index contributed by atoms with van der Waals surface area (Å²) in [5.41, 5.74) is 1.28. The minimum Gasteiger partial charge on any atom is -0.444 e. The first-order valence-corrected chi connectivity index (χ1v) is 8.78. The first-order chi connectivity index (χ1) is 11.2. The van der Waals surface area contributed by atoms with Crippen molar-refractivity contribution in [1.82, 2.24) is 9.88 Å². The van der Waals surface area contributed by atoms with Crippen LogP contribution in [0.1, 0.15) is 63.8 Å². The van der Waals surface area contributed by atoms with Gasteiger partial charge in [0.2, 0.25) is 0 Å². The van der Waals surface area contributed by atoms with Gasteiger partial charge in [-0.15, -0.1) is 0 Å². The minimum atomic E-state index is -0.456. The average Bonchev–Trinajstić information content (AvgIpc) is 2.46. The molecule has 0 bridgehead atoms. The van der Waals surface area contributed by atoms with E-state index in [0.717, 1.165) is 44.5 Å². The molecule has 4 nitrogen and oxygen atoms in total. The van der Waals surface area contributed by atoms with E-state index in [1.54, 1.807) is 11.0 Å². The van der Waals surface area contributed by atoms with E-state index >= 15 is 0 Å². The van der Waals surface area contributed by atoms with Gasteiger partial charge in [0.25, 0.3) is 0 Å². The summed E-state index contributed by atoms with van der Waals surface area (Å²) in [5, 5.41) is 0. The van der Waals surface area contributed by atoms with Crippen molar-refractivity contribution in [2.45, 2.75) is 64.9 Å². The lowest BCUT2D eigenvalue weighted by Crippen LogP contribution is -2.49. The number of halogens is 1. The van der Waals surface area contributed by atoms with Gasteiger partial charge in [-0.25, -0.2) is 9.18 Å². The van der Waals surface area contributed by atoms with Crippen molar-refractivity contribution in [2.75, 3.05) is 13.1 Å². The molecular formula is C19H27FN2O2. The quantitative estimate of drug-likeness (QED) is 0.763. The van der Waals surface area contributed by atoms with Gasteiger partial charge in [0, 0.05) is 24.7 Å². The molecule has 2 fully saturated rings. The topological polar surface area (TPSA) is 42.4 Å². The maximum Gasteiger partial charge on any atom is 0.410 e. The lowest BCUT2D eigenvalue weighted by atomic mass is 9.56. The number of amides is 1. The van der Waals surface area contributed by atoms with Crippen LogP contribution in [0.3, 0.4) is 0 Å². The molecule has 0 radical (unpaired) electrons. The third kappa shape index (κ3) is 3.55. The highest BCUT2D eigenvalue weighted by atomic mass is 19.1. The van der Waals surface area contributed by atoms with Crippen molar-refractivity contribution in [3.63, 3.8) is 0 Å². The number of pyridine rings is 1. The SMILES string of the molecule is Cc1ccc(F)c(C2CC3(CCN(C(=O)OC(C)(C)C)CC3)C2)n1. The fourth-order valence-electron chi connectivity index (χ4n) is 3.92. The first kappa shape index (κ1) is 17.2. The van der Waals surface area contributed by atoms with Crippen molar-refractivity contribution in [1.29, 1.82) is 0 Å². The lowest BCUT2D eigenvalue weighted by Gasteiger charge is -2.52. The molecule has 0 atom stereocenters. The molecule has 132 valence electrons. The highest BCUT2D eigenvalue weighted by Crippen LogP contribution is 2.56. The Morgan fingerprint density at radius 2 is 1.92 bits per heavy atom. The Morgan fingerprint density at radius 3 is 2.50 bits per heavy atom. The summed E-state index contributed by atoms with van der Waals surface area (Å²) in [6.07, 6.45) is 3.66. The lowest BCUT2D eigenvalue weighted by molar-refractivity contribution is -0.0130. The molecule has 1 saturated carbocycles. The number of hydrogen-bond acceptors (Lipinski definition) is 3. The third-order valence-electron chi connectivity index (χ3n) is 5.23. The Bertz CT molecular complexity index is 623. The second kappa shape index (κ2) is 6.01. The number of carbonyl (C=O) groups is 1. The van der Waals surface area contributed by atoms with Crippen LogP contribution in [0.4, 0.5) is 9.18 Å². The number of ether oxygens (including phenoxy) is 1. The van der Waals surface area contributed by atoms with Crippen LogP contribution in [0, 0.1) is 18.2 Å². The molecule has 1 aliphatic heterocycles. The number of piperidine rings is 1. The van der Waals surface area contributed by atoms with Crippen LogP contribution in [0.5, 0.6) is 0 Å². The Hall–Kier alpha value is -1.65. The zero-order chi connectivity index (χ0) is 17.5. The summed E-state index contributed by atoms with van der Waals surface area (Å²) in [5.74, 6) is 0.0321. The minimum absolute atomic E-state index is 0.188. The molecule has 0 unspecified atom stereocenters. The zero-order valence-electron chi connectivity index (χ0n) is 15.1. The second-order valence-electron chi connectivity index (χ2n) is 8.39. The summed E-state index contributed by atoms with van der Waals surface area (Å²) in [6, 6.07) is 3.24. The van der Waals surface area contributed by atoms with Gasteiger partial charge in [-0.2, -0.15) is 0 Å². The van der Waals surface area contributed by atoms with Gasteiger partial charge >= 0.3 is 6.09 Å². The molecule has 24 heavy (non-hydrogen) atoms. The van der Waals surface area contributed by atoms with Gasteiger partial charge in [-0.1, -0.05) is 0 Å². The monoisotopic (exact) mass is 334 g/mol. The largest absolute Gasteiger partial charge is 0.444 e. The van der Waals surface area contributed by atoms with Gasteiger partial charge in [0.15, 0.2) is 0 Å². The van der Waals surface area contributed by atoms with Crippen LogP contribution in [0.2, 0.25) is 0 Å². The molecule has 1 aliphatic carbocycles. The Kier molecular flexibility index (Phi) is 4.30. The highest BCUT2D eigenvalue weighted by molar-refractivity contribution is 5.68. The molecule has 0 aromatic carbocycles. The van der Waals surface area contributed by atoms with Crippen molar-refractivity contribution >= 4 is 6.09 Å². The normalized spacial score (nSPS) is 20.8. The van der Waals surface area contributed by atoms with E-state index in [0.29, 0.717) is 5.69 Å². The van der Waals surface area contributed by atoms with E-state index in [-0.39, 0.29) is 23.2 Å². The fraction of sp³-hybridized carbons (Fsp3) is 0.684. The van der Waals surface area contributed by atoms with E-state index in [1.807, 2.05) is 27.7 Å². The number of rotatable bonds is 1. The van der Waals surface area contributed by atoms with Crippen molar-refractivity contribution in [3.05, 3.63) is 29.3 Å². The predicted octanol–water partition coefficient (Wildman–Crippen LogP) is 4.42. The zero-order valence-corrected chi connectivity index (χ0v) is 15.1. The molecule has 5 heteroatoms.